The van der Waals surface area contributed by atoms with Crippen molar-refractivity contribution in [3.8, 4) is 0 Å². The number of hydrogen-bond donors (Lipinski definition) is 4. The molecule has 0 aliphatic heterocycles. The molecule has 15 heavy (non-hydrogen) atoms. The number of aliphatic hydroxyl groups is 1. The van der Waals surface area contributed by atoms with E-state index in [1.165, 1.54) is 0 Å². The van der Waals surface area contributed by atoms with Gasteiger partial charge in [0.05, 0.1) is 12.5 Å². The van der Waals surface area contributed by atoms with Crippen LogP contribution in [0.2, 0.25) is 0 Å². The van der Waals surface area contributed by atoms with Crippen molar-refractivity contribution in [3.05, 3.63) is 0 Å². The Bertz CT molecular complexity index is 208. The van der Waals surface area contributed by atoms with Crippen LogP contribution in [-0.4, -0.2) is 41.3 Å². The second-order valence-electron chi connectivity index (χ2n) is 3.28. The van der Waals surface area contributed by atoms with Crippen LogP contribution in [0.25, 0.3) is 0 Å². The van der Waals surface area contributed by atoms with Crippen LogP contribution in [0.1, 0.15) is 25.7 Å². The second kappa shape index (κ2) is 8.19. The summed E-state index contributed by atoms with van der Waals surface area (Å²) in [6, 6.07) is -0.986. The summed E-state index contributed by atoms with van der Waals surface area (Å²) in [6.07, 6.45) is 1.93. The van der Waals surface area contributed by atoms with Crippen LogP contribution in [0.15, 0.2) is 0 Å². The van der Waals surface area contributed by atoms with Crippen LogP contribution in [0.3, 0.4) is 0 Å². The first-order valence-electron chi connectivity index (χ1n) is 4.94. The molecule has 0 aromatic heterocycles. The predicted molar refractivity (Wildman–Crippen MR) is 54.2 cm³/mol. The normalized spacial score (nSPS) is 12.1. The Labute approximate surface area is 88.5 Å². The van der Waals surface area contributed by atoms with Crippen molar-refractivity contribution in [2.24, 2.45) is 5.73 Å². The summed E-state index contributed by atoms with van der Waals surface area (Å²) in [7, 11) is 0. The van der Waals surface area contributed by atoms with Gasteiger partial charge in [0, 0.05) is 13.2 Å². The van der Waals surface area contributed by atoms with E-state index in [2.05, 4.69) is 5.32 Å². The molecular formula is C9H18N2O4. The zero-order chi connectivity index (χ0) is 11.7. The number of carboxylic acid groups (broad SMARTS) is 1. The van der Waals surface area contributed by atoms with Crippen molar-refractivity contribution in [2.45, 2.75) is 31.7 Å². The van der Waals surface area contributed by atoms with Crippen molar-refractivity contribution < 1.29 is 19.8 Å². The van der Waals surface area contributed by atoms with E-state index in [1.54, 1.807) is 0 Å². The van der Waals surface area contributed by atoms with Gasteiger partial charge in [0.25, 0.3) is 0 Å². The van der Waals surface area contributed by atoms with Crippen LogP contribution in [-0.2, 0) is 9.59 Å². The molecule has 0 spiro atoms. The minimum absolute atomic E-state index is 0.145. The Morgan fingerprint density at radius 1 is 1.27 bits per heavy atom. The SMILES string of the molecule is NC(CC(=O)O)C(=O)NCCCCCO. The molecule has 0 saturated heterocycles. The Balaban J connectivity index is 3.51. The van der Waals surface area contributed by atoms with Gasteiger partial charge in [-0.15, -0.1) is 0 Å². The lowest BCUT2D eigenvalue weighted by Crippen LogP contribution is -2.42. The van der Waals surface area contributed by atoms with Crippen LogP contribution in [0.4, 0.5) is 0 Å². The maximum atomic E-state index is 11.2. The van der Waals surface area contributed by atoms with Crippen LogP contribution in [0.5, 0.6) is 0 Å². The average Bonchev–Trinajstić information content (AvgIpc) is 2.16. The second-order valence-corrected chi connectivity index (χ2v) is 3.28. The lowest BCUT2D eigenvalue weighted by atomic mass is 10.2. The quantitative estimate of drug-likeness (QED) is 0.393. The molecule has 1 amide bonds. The predicted octanol–water partition coefficient (Wildman–Crippen LogP) is -0.933. The van der Waals surface area contributed by atoms with E-state index < -0.39 is 17.9 Å². The molecule has 0 rings (SSSR count). The average molecular weight is 218 g/mol. The monoisotopic (exact) mass is 218 g/mol. The molecule has 6 nitrogen and oxygen atoms in total. The van der Waals surface area contributed by atoms with Crippen LogP contribution in [0, 0.1) is 0 Å². The van der Waals surface area contributed by atoms with E-state index in [-0.39, 0.29) is 13.0 Å². The van der Waals surface area contributed by atoms with Crippen molar-refractivity contribution in [3.63, 3.8) is 0 Å². The number of aliphatic hydroxyl groups excluding tert-OH is 1. The largest absolute Gasteiger partial charge is 0.481 e. The van der Waals surface area contributed by atoms with E-state index >= 15 is 0 Å². The van der Waals surface area contributed by atoms with Gasteiger partial charge in [-0.2, -0.15) is 0 Å². The van der Waals surface area contributed by atoms with Gasteiger partial charge >= 0.3 is 5.97 Å². The van der Waals surface area contributed by atoms with Gasteiger partial charge in [0.15, 0.2) is 0 Å². The fraction of sp³-hybridized carbons (Fsp3) is 0.778. The van der Waals surface area contributed by atoms with Crippen molar-refractivity contribution in [2.75, 3.05) is 13.2 Å². The number of carboxylic acids is 1. The topological polar surface area (TPSA) is 113 Å². The maximum absolute atomic E-state index is 11.2. The first kappa shape index (κ1) is 13.9. The minimum Gasteiger partial charge on any atom is -0.481 e. The molecule has 0 radical (unpaired) electrons. The van der Waals surface area contributed by atoms with E-state index in [0.717, 1.165) is 12.8 Å². The van der Waals surface area contributed by atoms with Gasteiger partial charge in [-0.25, -0.2) is 0 Å². The number of nitrogens with one attached hydrogen (secondary N) is 1. The Hall–Kier alpha value is -1.14. The lowest BCUT2D eigenvalue weighted by molar-refractivity contribution is -0.139. The zero-order valence-electron chi connectivity index (χ0n) is 8.61. The van der Waals surface area contributed by atoms with Crippen LogP contribution >= 0.6 is 0 Å². The first-order valence-corrected chi connectivity index (χ1v) is 4.94. The van der Waals surface area contributed by atoms with E-state index in [4.69, 9.17) is 15.9 Å². The zero-order valence-corrected chi connectivity index (χ0v) is 8.61. The Morgan fingerprint density at radius 3 is 2.47 bits per heavy atom. The highest BCUT2D eigenvalue weighted by Crippen LogP contribution is 1.93. The van der Waals surface area contributed by atoms with Crippen molar-refractivity contribution in [1.82, 2.24) is 5.32 Å². The number of aliphatic carboxylic acids is 1. The molecule has 0 saturated carbocycles. The third-order valence-electron chi connectivity index (χ3n) is 1.87. The summed E-state index contributed by atoms with van der Waals surface area (Å²) in [4.78, 5) is 21.4. The third kappa shape index (κ3) is 7.90. The molecule has 0 aliphatic carbocycles. The molecule has 0 bridgehead atoms. The molecule has 6 heteroatoms. The van der Waals surface area contributed by atoms with Gasteiger partial charge in [-0.3, -0.25) is 9.59 Å². The highest BCUT2D eigenvalue weighted by Gasteiger charge is 2.15. The molecule has 0 heterocycles. The van der Waals surface area contributed by atoms with Crippen molar-refractivity contribution in [1.29, 1.82) is 0 Å². The third-order valence-corrected chi connectivity index (χ3v) is 1.87. The minimum atomic E-state index is -1.09. The van der Waals surface area contributed by atoms with E-state index in [0.29, 0.717) is 13.0 Å². The van der Waals surface area contributed by atoms with Gasteiger partial charge in [-0.1, -0.05) is 0 Å². The Morgan fingerprint density at radius 2 is 1.93 bits per heavy atom. The van der Waals surface area contributed by atoms with Gasteiger partial charge in [0.2, 0.25) is 5.91 Å². The van der Waals surface area contributed by atoms with E-state index in [1.807, 2.05) is 0 Å². The molecule has 0 aromatic carbocycles. The summed E-state index contributed by atoms with van der Waals surface area (Å²) in [5.41, 5.74) is 5.33. The molecule has 88 valence electrons. The number of unbranched alkanes of at least 4 members (excludes halogenated alkanes) is 2. The summed E-state index contributed by atoms with van der Waals surface area (Å²) < 4.78 is 0. The van der Waals surface area contributed by atoms with Gasteiger partial charge in [0.1, 0.15) is 0 Å². The molecule has 0 aromatic rings. The fourth-order valence-corrected chi connectivity index (χ4v) is 1.04. The molecule has 5 N–H and O–H groups in total. The number of nitrogens with two attached hydrogens (primary N) is 1. The molecule has 0 aliphatic rings. The highest BCUT2D eigenvalue weighted by atomic mass is 16.4. The molecule has 0 fully saturated rings. The lowest BCUT2D eigenvalue weighted by Gasteiger charge is -2.09. The number of hydrogen-bond acceptors (Lipinski definition) is 4. The summed E-state index contributed by atoms with van der Waals surface area (Å²) >= 11 is 0. The molecular weight excluding hydrogens is 200 g/mol. The van der Waals surface area contributed by atoms with Crippen LogP contribution < -0.4 is 11.1 Å². The molecule has 1 atom stereocenters. The first-order chi connectivity index (χ1) is 7.07. The smallest absolute Gasteiger partial charge is 0.305 e. The van der Waals surface area contributed by atoms with Gasteiger partial charge in [-0.05, 0) is 19.3 Å². The van der Waals surface area contributed by atoms with E-state index in [9.17, 15) is 9.59 Å². The van der Waals surface area contributed by atoms with Crippen molar-refractivity contribution >= 4 is 11.9 Å². The summed E-state index contributed by atoms with van der Waals surface area (Å²) in [5, 5.41) is 19.4. The number of rotatable bonds is 8. The van der Waals surface area contributed by atoms with Gasteiger partial charge < -0.3 is 21.3 Å². The number of amides is 1. The fourth-order valence-electron chi connectivity index (χ4n) is 1.04. The maximum Gasteiger partial charge on any atom is 0.305 e. The Kier molecular flexibility index (Phi) is 7.57. The number of carbonyl (C=O) groups is 2. The summed E-state index contributed by atoms with van der Waals surface area (Å²) in [6.45, 7) is 0.610. The standard InChI is InChI=1S/C9H18N2O4/c10-7(6-8(13)14)9(15)11-4-2-1-3-5-12/h7,12H,1-6,10H2,(H,11,15)(H,13,14). The molecule has 1 unspecified atom stereocenters. The number of carbonyl (C=O) groups excluding carboxylic acids is 1. The summed E-state index contributed by atoms with van der Waals surface area (Å²) in [5.74, 6) is -1.53. The highest BCUT2D eigenvalue weighted by molar-refractivity contribution is 5.85.